The van der Waals surface area contributed by atoms with Crippen molar-refractivity contribution in [1.82, 2.24) is 9.97 Å². The van der Waals surface area contributed by atoms with Crippen molar-refractivity contribution in [2.45, 2.75) is 26.2 Å². The number of para-hydroxylation sites is 1. The fourth-order valence-electron chi connectivity index (χ4n) is 3.23. The number of thiazole rings is 1. The molecule has 0 aliphatic carbocycles. The number of nitrogens with zero attached hydrogens (tertiary/aromatic N) is 3. The average Bonchev–Trinajstić information content (AvgIpc) is 3.02. The van der Waals surface area contributed by atoms with Crippen molar-refractivity contribution in [3.05, 3.63) is 64.9 Å². The van der Waals surface area contributed by atoms with Gasteiger partial charge in [0.1, 0.15) is 5.01 Å². The number of pyridine rings is 1. The van der Waals surface area contributed by atoms with Gasteiger partial charge in [-0.3, -0.25) is 9.78 Å². The highest BCUT2D eigenvalue weighted by molar-refractivity contribution is 7.15. The zero-order chi connectivity index (χ0) is 17.2. The summed E-state index contributed by atoms with van der Waals surface area (Å²) in [6.45, 7) is 2.77. The van der Waals surface area contributed by atoms with Gasteiger partial charge in [-0.25, -0.2) is 4.98 Å². The summed E-state index contributed by atoms with van der Waals surface area (Å²) >= 11 is 1.59. The molecule has 5 heteroatoms. The molecule has 0 saturated heterocycles. The standard InChI is InChI=1S/C20H19N3OS/c1-14-18(25-20(22-14)16-7-4-10-21-13-16)12-19(24)23-11-5-8-15-6-2-3-9-17(15)23/h2-4,6-7,9-10,13H,5,8,11-12H2,1H3. The molecule has 0 N–H and O–H groups in total. The van der Waals surface area contributed by atoms with E-state index in [0.29, 0.717) is 6.42 Å². The number of hydrogen-bond acceptors (Lipinski definition) is 4. The summed E-state index contributed by atoms with van der Waals surface area (Å²) in [5.41, 5.74) is 4.26. The quantitative estimate of drug-likeness (QED) is 0.717. The third-order valence-corrected chi connectivity index (χ3v) is 5.73. The lowest BCUT2D eigenvalue weighted by molar-refractivity contribution is -0.118. The predicted molar refractivity (Wildman–Crippen MR) is 101 cm³/mol. The Morgan fingerprint density at radius 3 is 2.96 bits per heavy atom. The lowest BCUT2D eigenvalue weighted by atomic mass is 10.0. The molecule has 1 amide bonds. The van der Waals surface area contributed by atoms with Crippen LogP contribution in [0.3, 0.4) is 0 Å². The average molecular weight is 349 g/mol. The maximum atomic E-state index is 12.9. The van der Waals surface area contributed by atoms with Crippen LogP contribution < -0.4 is 4.90 Å². The Bertz CT molecular complexity index is 904. The van der Waals surface area contributed by atoms with Gasteiger partial charge in [0, 0.05) is 35.1 Å². The number of hydrogen-bond donors (Lipinski definition) is 0. The Morgan fingerprint density at radius 1 is 1.24 bits per heavy atom. The number of rotatable bonds is 3. The van der Waals surface area contributed by atoms with Gasteiger partial charge in [-0.2, -0.15) is 0 Å². The van der Waals surface area contributed by atoms with Gasteiger partial charge in [0.2, 0.25) is 5.91 Å². The van der Waals surface area contributed by atoms with Crippen molar-refractivity contribution in [3.63, 3.8) is 0 Å². The van der Waals surface area contributed by atoms with E-state index < -0.39 is 0 Å². The first kappa shape index (κ1) is 16.0. The Morgan fingerprint density at radius 2 is 2.12 bits per heavy atom. The summed E-state index contributed by atoms with van der Waals surface area (Å²) in [4.78, 5) is 24.7. The van der Waals surface area contributed by atoms with Gasteiger partial charge < -0.3 is 4.90 Å². The van der Waals surface area contributed by atoms with Gasteiger partial charge in [-0.15, -0.1) is 11.3 Å². The van der Waals surface area contributed by atoms with Gasteiger partial charge in [0.25, 0.3) is 0 Å². The van der Waals surface area contributed by atoms with Crippen LogP contribution in [0, 0.1) is 6.92 Å². The molecule has 2 aromatic heterocycles. The highest BCUT2D eigenvalue weighted by Crippen LogP contribution is 2.30. The van der Waals surface area contributed by atoms with Crippen LogP contribution in [-0.2, 0) is 17.6 Å². The first-order chi connectivity index (χ1) is 12.2. The molecule has 0 spiro atoms. The van der Waals surface area contributed by atoms with Gasteiger partial charge in [0.05, 0.1) is 12.1 Å². The number of fused-ring (bicyclic) bond motifs is 1. The van der Waals surface area contributed by atoms with Crippen LogP contribution in [0.25, 0.3) is 10.6 Å². The van der Waals surface area contributed by atoms with E-state index in [1.807, 2.05) is 48.4 Å². The second kappa shape index (κ2) is 6.76. The third kappa shape index (κ3) is 3.20. The minimum absolute atomic E-state index is 0.150. The molecule has 4 nitrogen and oxygen atoms in total. The third-order valence-electron chi connectivity index (χ3n) is 4.52. The zero-order valence-electron chi connectivity index (χ0n) is 14.1. The molecule has 0 fully saturated rings. The Kier molecular flexibility index (Phi) is 4.32. The number of benzene rings is 1. The van der Waals surface area contributed by atoms with E-state index in [1.54, 1.807) is 17.5 Å². The van der Waals surface area contributed by atoms with Gasteiger partial charge in [0.15, 0.2) is 0 Å². The summed E-state index contributed by atoms with van der Waals surface area (Å²) < 4.78 is 0. The molecule has 3 aromatic rings. The first-order valence-electron chi connectivity index (χ1n) is 8.47. The van der Waals surface area contributed by atoms with E-state index in [1.165, 1.54) is 5.56 Å². The lowest BCUT2D eigenvalue weighted by Gasteiger charge is -2.29. The SMILES string of the molecule is Cc1nc(-c2cccnc2)sc1CC(=O)N1CCCc2ccccc21. The molecule has 3 heterocycles. The van der Waals surface area contributed by atoms with E-state index in [9.17, 15) is 4.79 Å². The summed E-state index contributed by atoms with van der Waals surface area (Å²) in [6, 6.07) is 12.1. The van der Waals surface area contributed by atoms with E-state index in [2.05, 4.69) is 16.0 Å². The number of aryl methyl sites for hydroxylation is 2. The number of amides is 1. The number of anilines is 1. The summed E-state index contributed by atoms with van der Waals surface area (Å²) in [6.07, 6.45) is 6.03. The van der Waals surface area contributed by atoms with Gasteiger partial charge in [-0.05, 0) is 43.5 Å². The van der Waals surface area contributed by atoms with E-state index >= 15 is 0 Å². The van der Waals surface area contributed by atoms with Gasteiger partial charge in [-0.1, -0.05) is 18.2 Å². The molecular weight excluding hydrogens is 330 g/mol. The van der Waals surface area contributed by atoms with Crippen LogP contribution in [-0.4, -0.2) is 22.4 Å². The van der Waals surface area contributed by atoms with Crippen molar-refractivity contribution >= 4 is 22.9 Å². The Hall–Kier alpha value is -2.53. The van der Waals surface area contributed by atoms with Crippen molar-refractivity contribution in [2.24, 2.45) is 0 Å². The van der Waals surface area contributed by atoms with Crippen LogP contribution in [0.15, 0.2) is 48.8 Å². The fraction of sp³-hybridized carbons (Fsp3) is 0.250. The van der Waals surface area contributed by atoms with E-state index in [0.717, 1.165) is 46.2 Å². The second-order valence-corrected chi connectivity index (χ2v) is 7.31. The van der Waals surface area contributed by atoms with Crippen LogP contribution in [0.4, 0.5) is 5.69 Å². The topological polar surface area (TPSA) is 46.1 Å². The summed E-state index contributed by atoms with van der Waals surface area (Å²) in [5.74, 6) is 0.150. The lowest BCUT2D eigenvalue weighted by Crippen LogP contribution is -2.36. The number of carbonyl (C=O) groups excluding carboxylic acids is 1. The molecular formula is C20H19N3OS. The monoisotopic (exact) mass is 349 g/mol. The number of aromatic nitrogens is 2. The van der Waals surface area contributed by atoms with Crippen LogP contribution in [0.2, 0.25) is 0 Å². The van der Waals surface area contributed by atoms with Crippen molar-refractivity contribution in [3.8, 4) is 10.6 Å². The molecule has 4 rings (SSSR count). The highest BCUT2D eigenvalue weighted by Gasteiger charge is 2.23. The smallest absolute Gasteiger partial charge is 0.232 e. The number of carbonyl (C=O) groups is 1. The molecule has 0 bridgehead atoms. The Balaban J connectivity index is 1.57. The molecule has 1 aromatic carbocycles. The van der Waals surface area contributed by atoms with E-state index in [4.69, 9.17) is 0 Å². The molecule has 126 valence electrons. The van der Waals surface area contributed by atoms with Gasteiger partial charge >= 0.3 is 0 Å². The largest absolute Gasteiger partial charge is 0.312 e. The highest BCUT2D eigenvalue weighted by atomic mass is 32.1. The molecule has 0 atom stereocenters. The first-order valence-corrected chi connectivity index (χ1v) is 9.29. The van der Waals surface area contributed by atoms with Crippen LogP contribution in [0.5, 0.6) is 0 Å². The van der Waals surface area contributed by atoms with Crippen molar-refractivity contribution in [2.75, 3.05) is 11.4 Å². The van der Waals surface area contributed by atoms with E-state index in [-0.39, 0.29) is 5.91 Å². The summed E-state index contributed by atoms with van der Waals surface area (Å²) in [7, 11) is 0. The molecule has 25 heavy (non-hydrogen) atoms. The fourth-order valence-corrected chi connectivity index (χ4v) is 4.27. The molecule has 0 unspecified atom stereocenters. The minimum Gasteiger partial charge on any atom is -0.312 e. The maximum Gasteiger partial charge on any atom is 0.232 e. The maximum absolute atomic E-state index is 12.9. The molecule has 1 aliphatic heterocycles. The molecule has 0 radical (unpaired) electrons. The van der Waals surface area contributed by atoms with Crippen molar-refractivity contribution < 1.29 is 4.79 Å². The minimum atomic E-state index is 0.150. The predicted octanol–water partition coefficient (Wildman–Crippen LogP) is 4.04. The second-order valence-electron chi connectivity index (χ2n) is 6.22. The normalized spacial score (nSPS) is 13.6. The zero-order valence-corrected chi connectivity index (χ0v) is 14.9. The van der Waals surface area contributed by atoms with Crippen LogP contribution in [0.1, 0.15) is 22.6 Å². The summed E-state index contributed by atoms with van der Waals surface area (Å²) in [5, 5.41) is 0.924. The molecule has 1 aliphatic rings. The molecule has 0 saturated carbocycles. The van der Waals surface area contributed by atoms with Crippen molar-refractivity contribution in [1.29, 1.82) is 0 Å². The van der Waals surface area contributed by atoms with Crippen LogP contribution >= 0.6 is 11.3 Å². The Labute approximate surface area is 151 Å².